The molecule has 0 aliphatic heterocycles. The van der Waals surface area contributed by atoms with Crippen LogP contribution in [0.1, 0.15) is 5.56 Å². The van der Waals surface area contributed by atoms with Crippen molar-refractivity contribution in [2.45, 2.75) is 4.90 Å². The molecule has 2 amide bonds. The second kappa shape index (κ2) is 6.77. The first-order chi connectivity index (χ1) is 9.69. The number of benzene rings is 2. The first-order valence-corrected chi connectivity index (χ1v) is 7.24. The van der Waals surface area contributed by atoms with E-state index >= 15 is 0 Å². The fourth-order valence-corrected chi connectivity index (χ4v) is 2.16. The summed E-state index contributed by atoms with van der Waals surface area (Å²) < 4.78 is 0. The molecule has 2 aromatic carbocycles. The van der Waals surface area contributed by atoms with Gasteiger partial charge in [-0.05, 0) is 41.1 Å². The number of carbonyl (C=O) groups is 1. The van der Waals surface area contributed by atoms with Gasteiger partial charge in [-0.2, -0.15) is 5.10 Å². The molecule has 0 aliphatic carbocycles. The highest BCUT2D eigenvalue weighted by atomic mass is 32.2. The molecule has 0 unspecified atom stereocenters. The zero-order valence-corrected chi connectivity index (χ0v) is 11.9. The Bertz CT molecular complexity index is 623. The number of nitrogens with one attached hydrogen (secondary N) is 1. The third-order valence-electron chi connectivity index (χ3n) is 2.70. The Morgan fingerprint density at radius 1 is 1.20 bits per heavy atom. The molecule has 0 atom stereocenters. The van der Waals surface area contributed by atoms with E-state index in [1.165, 1.54) is 4.90 Å². The van der Waals surface area contributed by atoms with E-state index in [2.05, 4.69) is 41.0 Å². The van der Waals surface area contributed by atoms with Crippen molar-refractivity contribution in [3.63, 3.8) is 0 Å². The van der Waals surface area contributed by atoms with Crippen molar-refractivity contribution >= 4 is 24.0 Å². The predicted molar refractivity (Wildman–Crippen MR) is 84.0 cm³/mol. The highest BCUT2D eigenvalue weighted by Gasteiger charge is 1.99. The molecule has 0 saturated carbocycles. The third-order valence-corrected chi connectivity index (χ3v) is 3.44. The Hall–Kier alpha value is -2.27. The highest BCUT2D eigenvalue weighted by Crippen LogP contribution is 2.23. The van der Waals surface area contributed by atoms with Gasteiger partial charge < -0.3 is 5.73 Å². The van der Waals surface area contributed by atoms with Crippen LogP contribution >= 0.6 is 11.8 Å². The van der Waals surface area contributed by atoms with Crippen LogP contribution in [-0.2, 0) is 0 Å². The molecule has 102 valence electrons. The number of nitrogens with zero attached hydrogens (tertiary/aromatic N) is 1. The zero-order valence-electron chi connectivity index (χ0n) is 11.0. The first kappa shape index (κ1) is 14.1. The molecule has 3 N–H and O–H groups in total. The van der Waals surface area contributed by atoms with Crippen molar-refractivity contribution in [3.8, 4) is 11.1 Å². The third kappa shape index (κ3) is 3.86. The maximum absolute atomic E-state index is 10.5. The summed E-state index contributed by atoms with van der Waals surface area (Å²) >= 11 is 1.72. The van der Waals surface area contributed by atoms with Gasteiger partial charge in [-0.3, -0.25) is 0 Å². The van der Waals surface area contributed by atoms with Crippen molar-refractivity contribution in [2.75, 3.05) is 6.26 Å². The maximum Gasteiger partial charge on any atom is 0.332 e. The Morgan fingerprint density at radius 2 is 1.95 bits per heavy atom. The SMILES string of the molecule is CSc1ccc(-c2cccc(C=NNC(N)=O)c2)cc1. The molecule has 2 aromatic rings. The predicted octanol–water partition coefficient (Wildman–Crippen LogP) is 3.08. The smallest absolute Gasteiger partial charge is 0.332 e. The standard InChI is InChI=1S/C15H15N3OS/c1-20-14-7-5-12(6-8-14)13-4-2-3-11(9-13)10-17-18-15(16)19/h2-10H,1H3,(H3,16,18,19). The van der Waals surface area contributed by atoms with E-state index in [0.29, 0.717) is 0 Å². The van der Waals surface area contributed by atoms with Gasteiger partial charge in [0.1, 0.15) is 0 Å². The first-order valence-electron chi connectivity index (χ1n) is 6.02. The Kier molecular flexibility index (Phi) is 4.79. The molecule has 0 saturated heterocycles. The van der Waals surface area contributed by atoms with Crippen LogP contribution in [0.2, 0.25) is 0 Å². The summed E-state index contributed by atoms with van der Waals surface area (Å²) in [4.78, 5) is 11.8. The van der Waals surface area contributed by atoms with Crippen LogP contribution in [0.3, 0.4) is 0 Å². The fourth-order valence-electron chi connectivity index (χ4n) is 1.75. The summed E-state index contributed by atoms with van der Waals surface area (Å²) in [7, 11) is 0. The monoisotopic (exact) mass is 285 g/mol. The van der Waals surface area contributed by atoms with Crippen LogP contribution < -0.4 is 11.2 Å². The molecule has 0 fully saturated rings. The summed E-state index contributed by atoms with van der Waals surface area (Å²) in [6.07, 6.45) is 3.61. The van der Waals surface area contributed by atoms with Gasteiger partial charge >= 0.3 is 6.03 Å². The van der Waals surface area contributed by atoms with Crippen molar-refractivity contribution < 1.29 is 4.79 Å². The Morgan fingerprint density at radius 3 is 2.60 bits per heavy atom. The van der Waals surface area contributed by atoms with Gasteiger partial charge in [0, 0.05) is 4.90 Å². The average Bonchev–Trinajstić information content (AvgIpc) is 2.47. The molecular formula is C15H15N3OS. The Balaban J connectivity index is 2.20. The number of thioether (sulfide) groups is 1. The summed E-state index contributed by atoms with van der Waals surface area (Å²) in [5.74, 6) is 0. The number of primary amides is 1. The number of hydrogen-bond acceptors (Lipinski definition) is 3. The van der Waals surface area contributed by atoms with E-state index in [4.69, 9.17) is 5.73 Å². The lowest BCUT2D eigenvalue weighted by atomic mass is 10.0. The van der Waals surface area contributed by atoms with Crippen LogP contribution in [0.25, 0.3) is 11.1 Å². The number of urea groups is 1. The molecule has 2 rings (SSSR count). The molecule has 0 aromatic heterocycles. The van der Waals surface area contributed by atoms with Crippen molar-refractivity contribution in [1.82, 2.24) is 5.43 Å². The summed E-state index contributed by atoms with van der Waals surface area (Å²) in [5, 5.41) is 3.75. The minimum atomic E-state index is -0.676. The van der Waals surface area contributed by atoms with Gasteiger partial charge in [0.15, 0.2) is 0 Å². The molecule has 0 spiro atoms. The van der Waals surface area contributed by atoms with Gasteiger partial charge in [-0.1, -0.05) is 30.3 Å². The van der Waals surface area contributed by atoms with Crippen LogP contribution in [0.5, 0.6) is 0 Å². The van der Waals surface area contributed by atoms with Crippen LogP contribution in [0, 0.1) is 0 Å². The second-order valence-corrected chi connectivity index (χ2v) is 4.97. The van der Waals surface area contributed by atoms with E-state index in [0.717, 1.165) is 16.7 Å². The number of carbonyl (C=O) groups excluding carboxylic acids is 1. The Labute approximate surface area is 122 Å². The minimum Gasteiger partial charge on any atom is -0.350 e. The topological polar surface area (TPSA) is 67.5 Å². The molecular weight excluding hydrogens is 270 g/mol. The van der Waals surface area contributed by atoms with Crippen molar-refractivity contribution in [3.05, 3.63) is 54.1 Å². The van der Waals surface area contributed by atoms with Gasteiger partial charge in [0.2, 0.25) is 0 Å². The molecule has 0 radical (unpaired) electrons. The number of nitrogens with two attached hydrogens (primary N) is 1. The lowest BCUT2D eigenvalue weighted by molar-refractivity contribution is 0.249. The van der Waals surface area contributed by atoms with Gasteiger partial charge in [0.25, 0.3) is 0 Å². The van der Waals surface area contributed by atoms with E-state index in [1.807, 2.05) is 24.3 Å². The molecule has 4 nitrogen and oxygen atoms in total. The summed E-state index contributed by atoms with van der Waals surface area (Å²) in [6, 6.07) is 15.6. The van der Waals surface area contributed by atoms with E-state index in [9.17, 15) is 4.79 Å². The quantitative estimate of drug-likeness (QED) is 0.515. The minimum absolute atomic E-state index is 0.676. The lowest BCUT2D eigenvalue weighted by Gasteiger charge is -2.04. The number of hydrogen-bond donors (Lipinski definition) is 2. The lowest BCUT2D eigenvalue weighted by Crippen LogP contribution is -2.24. The van der Waals surface area contributed by atoms with Crippen LogP contribution in [-0.4, -0.2) is 18.5 Å². The fraction of sp³-hybridized carbons (Fsp3) is 0.0667. The highest BCUT2D eigenvalue weighted by molar-refractivity contribution is 7.98. The van der Waals surface area contributed by atoms with Crippen molar-refractivity contribution in [1.29, 1.82) is 0 Å². The molecule has 0 bridgehead atoms. The van der Waals surface area contributed by atoms with Gasteiger partial charge in [-0.25, -0.2) is 10.2 Å². The number of amides is 2. The van der Waals surface area contributed by atoms with E-state index in [-0.39, 0.29) is 0 Å². The molecule has 0 heterocycles. The second-order valence-electron chi connectivity index (χ2n) is 4.09. The van der Waals surface area contributed by atoms with Crippen LogP contribution in [0.15, 0.2) is 58.5 Å². The van der Waals surface area contributed by atoms with Gasteiger partial charge in [-0.15, -0.1) is 11.8 Å². The summed E-state index contributed by atoms with van der Waals surface area (Å²) in [5.41, 5.74) is 10.2. The summed E-state index contributed by atoms with van der Waals surface area (Å²) in [6.45, 7) is 0. The number of rotatable bonds is 4. The molecule has 5 heteroatoms. The molecule has 0 aliphatic rings. The average molecular weight is 285 g/mol. The normalized spacial score (nSPS) is 10.7. The zero-order chi connectivity index (χ0) is 14.4. The largest absolute Gasteiger partial charge is 0.350 e. The van der Waals surface area contributed by atoms with E-state index < -0.39 is 6.03 Å². The van der Waals surface area contributed by atoms with Gasteiger partial charge in [0.05, 0.1) is 6.21 Å². The number of hydrazone groups is 1. The molecule has 20 heavy (non-hydrogen) atoms. The van der Waals surface area contributed by atoms with E-state index in [1.54, 1.807) is 18.0 Å². The van der Waals surface area contributed by atoms with Crippen LogP contribution in [0.4, 0.5) is 4.79 Å². The maximum atomic E-state index is 10.5. The van der Waals surface area contributed by atoms with Crippen molar-refractivity contribution in [2.24, 2.45) is 10.8 Å².